The minimum absolute atomic E-state index is 0. The first-order valence-electron chi connectivity index (χ1n) is 5.28. The Labute approximate surface area is 116 Å². The van der Waals surface area contributed by atoms with Crippen LogP contribution in [-0.4, -0.2) is 12.7 Å². The molecular formula is C12H14Cl2FNO2. The van der Waals surface area contributed by atoms with E-state index in [1.165, 1.54) is 12.1 Å². The van der Waals surface area contributed by atoms with Crippen LogP contribution < -0.4 is 5.32 Å². The minimum Gasteiger partial charge on any atom is -0.449 e. The van der Waals surface area contributed by atoms with Gasteiger partial charge in [0.15, 0.2) is 0 Å². The molecule has 0 bridgehead atoms. The van der Waals surface area contributed by atoms with Crippen molar-refractivity contribution >= 4 is 30.1 Å². The Bertz CT molecular complexity index is 465. The number of benzene rings is 1. The van der Waals surface area contributed by atoms with Crippen LogP contribution in [-0.2, 0) is 4.74 Å². The molecule has 1 heterocycles. The van der Waals surface area contributed by atoms with Gasteiger partial charge in [-0.05, 0) is 17.7 Å². The van der Waals surface area contributed by atoms with Crippen LogP contribution in [0.5, 0.6) is 0 Å². The molecule has 1 aliphatic heterocycles. The van der Waals surface area contributed by atoms with E-state index in [1.807, 2.05) is 13.8 Å². The first-order chi connectivity index (χ1) is 7.90. The van der Waals surface area contributed by atoms with Gasteiger partial charge in [0.1, 0.15) is 12.4 Å². The highest BCUT2D eigenvalue weighted by Gasteiger charge is 2.38. The fourth-order valence-electron chi connectivity index (χ4n) is 1.92. The lowest BCUT2D eigenvalue weighted by molar-refractivity contribution is 0.0387. The Kier molecular flexibility index (Phi) is 4.46. The predicted octanol–water partition coefficient (Wildman–Crippen LogP) is 3.71. The minimum atomic E-state index is -0.477. The Morgan fingerprint density at radius 1 is 1.50 bits per heavy atom. The Hall–Kier alpha value is -1.00. The fourth-order valence-corrected chi connectivity index (χ4v) is 2.20. The number of hydrogen-bond acceptors (Lipinski definition) is 2. The molecule has 1 aromatic rings. The topological polar surface area (TPSA) is 38.3 Å². The number of nitrogens with one attached hydrogen (secondary N) is 1. The van der Waals surface area contributed by atoms with Gasteiger partial charge in [0.25, 0.3) is 0 Å². The van der Waals surface area contributed by atoms with Gasteiger partial charge >= 0.3 is 6.09 Å². The van der Waals surface area contributed by atoms with Gasteiger partial charge in [-0.25, -0.2) is 9.18 Å². The van der Waals surface area contributed by atoms with E-state index in [0.29, 0.717) is 17.2 Å². The van der Waals surface area contributed by atoms with Crippen LogP contribution in [0.4, 0.5) is 9.18 Å². The largest absolute Gasteiger partial charge is 0.449 e. The number of rotatable bonds is 1. The van der Waals surface area contributed by atoms with E-state index < -0.39 is 11.9 Å². The van der Waals surface area contributed by atoms with E-state index in [1.54, 1.807) is 6.07 Å². The van der Waals surface area contributed by atoms with Crippen molar-refractivity contribution in [2.75, 3.05) is 6.61 Å². The number of carbonyl (C=O) groups excluding carboxylic acids is 1. The highest BCUT2D eigenvalue weighted by molar-refractivity contribution is 6.31. The second kappa shape index (κ2) is 5.33. The van der Waals surface area contributed by atoms with Crippen molar-refractivity contribution in [2.24, 2.45) is 5.41 Å². The van der Waals surface area contributed by atoms with Crippen LogP contribution >= 0.6 is 24.0 Å². The molecular weight excluding hydrogens is 280 g/mol. The summed E-state index contributed by atoms with van der Waals surface area (Å²) >= 11 is 6.01. The van der Waals surface area contributed by atoms with Crippen LogP contribution in [0, 0.1) is 11.2 Å². The van der Waals surface area contributed by atoms with Gasteiger partial charge in [0, 0.05) is 10.4 Å². The molecule has 1 saturated heterocycles. The number of cyclic esters (lactones) is 1. The molecule has 3 nitrogen and oxygen atoms in total. The Balaban J connectivity index is 0.00000162. The van der Waals surface area contributed by atoms with Gasteiger partial charge in [-0.1, -0.05) is 31.5 Å². The van der Waals surface area contributed by atoms with Crippen LogP contribution in [0.1, 0.15) is 25.5 Å². The smallest absolute Gasteiger partial charge is 0.407 e. The molecule has 0 spiro atoms. The van der Waals surface area contributed by atoms with Crippen molar-refractivity contribution in [2.45, 2.75) is 19.9 Å². The Morgan fingerprint density at radius 2 is 2.17 bits per heavy atom. The van der Waals surface area contributed by atoms with E-state index in [2.05, 4.69) is 5.32 Å². The molecule has 0 radical (unpaired) electrons. The molecule has 6 heteroatoms. The molecule has 0 saturated carbocycles. The van der Waals surface area contributed by atoms with Gasteiger partial charge in [-0.15, -0.1) is 12.4 Å². The molecule has 1 aliphatic rings. The summed E-state index contributed by atoms with van der Waals surface area (Å²) < 4.78 is 17.9. The molecule has 1 atom stereocenters. The third-order valence-electron chi connectivity index (χ3n) is 2.89. The highest BCUT2D eigenvalue weighted by Crippen LogP contribution is 2.39. The van der Waals surface area contributed by atoms with Crippen molar-refractivity contribution < 1.29 is 13.9 Å². The molecule has 1 N–H and O–H groups in total. The van der Waals surface area contributed by atoms with Crippen LogP contribution in [0.25, 0.3) is 0 Å². The quantitative estimate of drug-likeness (QED) is 0.857. The number of ether oxygens (including phenoxy) is 1. The number of halogens is 3. The average Bonchev–Trinajstić information content (AvgIpc) is 2.23. The van der Waals surface area contributed by atoms with E-state index in [4.69, 9.17) is 16.3 Å². The zero-order chi connectivity index (χ0) is 12.6. The summed E-state index contributed by atoms with van der Waals surface area (Å²) in [6, 6.07) is 3.89. The zero-order valence-electron chi connectivity index (χ0n) is 10.00. The fraction of sp³-hybridized carbons (Fsp3) is 0.417. The van der Waals surface area contributed by atoms with Gasteiger partial charge in [0.2, 0.25) is 0 Å². The summed E-state index contributed by atoms with van der Waals surface area (Å²) in [4.78, 5) is 11.3. The number of carbonyl (C=O) groups is 1. The number of alkyl carbamates (subject to hydrolysis) is 1. The monoisotopic (exact) mass is 293 g/mol. The standard InChI is InChI=1S/C12H13ClFNO2.ClH/c1-12(2)6-17-11(16)15-10(12)8-4-3-7(14)5-9(8)13;/h3-5,10H,6H2,1-2H3,(H,15,16);1H/t10-;/m0./s1. The van der Waals surface area contributed by atoms with Crippen LogP contribution in [0.3, 0.4) is 0 Å². The molecule has 100 valence electrons. The second-order valence-electron chi connectivity index (χ2n) is 4.81. The summed E-state index contributed by atoms with van der Waals surface area (Å²) in [6.07, 6.45) is -0.477. The normalized spacial score (nSPS) is 21.6. The maximum atomic E-state index is 13.0. The van der Waals surface area contributed by atoms with Crippen molar-refractivity contribution in [3.63, 3.8) is 0 Å². The van der Waals surface area contributed by atoms with Crippen LogP contribution in [0.2, 0.25) is 5.02 Å². The lowest BCUT2D eigenvalue weighted by Crippen LogP contribution is -2.47. The number of hydrogen-bond donors (Lipinski definition) is 1. The third-order valence-corrected chi connectivity index (χ3v) is 3.22. The average molecular weight is 294 g/mol. The third kappa shape index (κ3) is 2.87. The summed E-state index contributed by atoms with van der Waals surface area (Å²) in [7, 11) is 0. The lowest BCUT2D eigenvalue weighted by atomic mass is 9.80. The highest BCUT2D eigenvalue weighted by atomic mass is 35.5. The van der Waals surface area contributed by atoms with Crippen molar-refractivity contribution in [3.8, 4) is 0 Å². The first kappa shape index (κ1) is 15.1. The molecule has 1 amide bonds. The van der Waals surface area contributed by atoms with Gasteiger partial charge < -0.3 is 10.1 Å². The summed E-state index contributed by atoms with van der Waals surface area (Å²) in [5, 5.41) is 3.03. The molecule has 1 aromatic carbocycles. The van der Waals surface area contributed by atoms with Gasteiger partial charge in [0.05, 0.1) is 6.04 Å². The van der Waals surface area contributed by atoms with E-state index >= 15 is 0 Å². The maximum Gasteiger partial charge on any atom is 0.407 e. The molecule has 1 fully saturated rings. The van der Waals surface area contributed by atoms with E-state index in [9.17, 15) is 9.18 Å². The van der Waals surface area contributed by atoms with Crippen molar-refractivity contribution in [1.29, 1.82) is 0 Å². The summed E-state index contributed by atoms with van der Waals surface area (Å²) in [5.74, 6) is -0.394. The SMILES string of the molecule is CC1(C)COC(=O)N[C@H]1c1ccc(F)cc1Cl.Cl. The maximum absolute atomic E-state index is 13.0. The first-order valence-corrected chi connectivity index (χ1v) is 5.66. The van der Waals surface area contributed by atoms with Gasteiger partial charge in [-0.3, -0.25) is 0 Å². The van der Waals surface area contributed by atoms with Crippen molar-refractivity contribution in [1.82, 2.24) is 5.32 Å². The molecule has 18 heavy (non-hydrogen) atoms. The molecule has 0 aliphatic carbocycles. The van der Waals surface area contributed by atoms with E-state index in [-0.39, 0.29) is 23.9 Å². The Morgan fingerprint density at radius 3 is 2.78 bits per heavy atom. The second-order valence-corrected chi connectivity index (χ2v) is 5.22. The predicted molar refractivity (Wildman–Crippen MR) is 69.7 cm³/mol. The van der Waals surface area contributed by atoms with Crippen LogP contribution in [0.15, 0.2) is 18.2 Å². The zero-order valence-corrected chi connectivity index (χ0v) is 11.6. The van der Waals surface area contributed by atoms with E-state index in [0.717, 1.165) is 0 Å². The molecule has 0 aromatic heterocycles. The number of amides is 1. The molecule has 0 unspecified atom stereocenters. The summed E-state index contributed by atoms with van der Waals surface area (Å²) in [6.45, 7) is 4.21. The summed E-state index contributed by atoms with van der Waals surface area (Å²) in [5.41, 5.74) is 0.407. The lowest BCUT2D eigenvalue weighted by Gasteiger charge is -2.38. The molecule has 2 rings (SSSR count). The van der Waals surface area contributed by atoms with Gasteiger partial charge in [-0.2, -0.15) is 0 Å². The van der Waals surface area contributed by atoms with Crippen molar-refractivity contribution in [3.05, 3.63) is 34.6 Å².